The van der Waals surface area contributed by atoms with Crippen molar-refractivity contribution in [2.75, 3.05) is 0 Å². The van der Waals surface area contributed by atoms with Gasteiger partial charge in [-0.2, -0.15) is 5.10 Å². The van der Waals surface area contributed by atoms with Crippen molar-refractivity contribution in [3.8, 4) is 5.75 Å². The van der Waals surface area contributed by atoms with Crippen LogP contribution in [0.5, 0.6) is 5.75 Å². The van der Waals surface area contributed by atoms with Gasteiger partial charge >= 0.3 is 0 Å². The van der Waals surface area contributed by atoms with E-state index in [9.17, 15) is 4.79 Å². The fourth-order valence-electron chi connectivity index (χ4n) is 1.76. The van der Waals surface area contributed by atoms with Crippen LogP contribution in [0, 0.1) is 0 Å². The monoisotopic (exact) mass is 326 g/mol. The van der Waals surface area contributed by atoms with Gasteiger partial charge in [0.2, 0.25) is 0 Å². The lowest BCUT2D eigenvalue weighted by atomic mass is 10.2. The quantitative estimate of drug-likeness (QED) is 0.807. The molecular formula is C15H16Cl2N2O2. The van der Waals surface area contributed by atoms with Crippen LogP contribution in [0.2, 0.25) is 10.0 Å². The second-order valence-corrected chi connectivity index (χ2v) is 5.43. The van der Waals surface area contributed by atoms with Crippen molar-refractivity contribution in [3.05, 3.63) is 56.4 Å². The van der Waals surface area contributed by atoms with E-state index >= 15 is 0 Å². The van der Waals surface area contributed by atoms with Gasteiger partial charge < -0.3 is 4.74 Å². The summed E-state index contributed by atoms with van der Waals surface area (Å²) in [6, 6.07) is 7.27. The molecule has 0 bridgehead atoms. The van der Waals surface area contributed by atoms with E-state index in [1.54, 1.807) is 12.1 Å². The summed E-state index contributed by atoms with van der Waals surface area (Å²) >= 11 is 11.9. The molecule has 112 valence electrons. The number of ether oxygens (including phenoxy) is 1. The normalized spacial score (nSPS) is 10.6. The predicted octanol–water partition coefficient (Wildman–Crippen LogP) is 3.93. The smallest absolute Gasteiger partial charge is 0.289 e. The third-order valence-corrected chi connectivity index (χ3v) is 3.58. The van der Waals surface area contributed by atoms with Gasteiger partial charge in [0.05, 0.1) is 6.20 Å². The number of halogens is 2. The van der Waals surface area contributed by atoms with Gasteiger partial charge in [-0.25, -0.2) is 4.68 Å². The standard InChI is InChI=1S/C15H16Cl2N2O2/c1-2-3-8-19-15(20)14(17)13(9-18-19)21-10-11-4-6-12(16)7-5-11/h4-7,9H,2-3,8,10H2,1H3. The molecule has 0 saturated carbocycles. The van der Waals surface area contributed by atoms with E-state index in [0.717, 1.165) is 18.4 Å². The van der Waals surface area contributed by atoms with Gasteiger partial charge in [-0.1, -0.05) is 48.7 Å². The minimum Gasteiger partial charge on any atom is -0.485 e. The molecule has 21 heavy (non-hydrogen) atoms. The van der Waals surface area contributed by atoms with Crippen molar-refractivity contribution in [2.45, 2.75) is 32.9 Å². The molecule has 0 aliphatic carbocycles. The van der Waals surface area contributed by atoms with E-state index < -0.39 is 0 Å². The maximum absolute atomic E-state index is 12.0. The summed E-state index contributed by atoms with van der Waals surface area (Å²) in [7, 11) is 0. The molecule has 0 aliphatic rings. The van der Waals surface area contributed by atoms with Crippen LogP contribution in [-0.2, 0) is 13.2 Å². The second-order valence-electron chi connectivity index (χ2n) is 4.62. The van der Waals surface area contributed by atoms with Gasteiger partial charge in [-0.15, -0.1) is 0 Å². The van der Waals surface area contributed by atoms with Crippen LogP contribution in [-0.4, -0.2) is 9.78 Å². The first-order valence-corrected chi connectivity index (χ1v) is 7.50. The first-order valence-electron chi connectivity index (χ1n) is 6.74. The summed E-state index contributed by atoms with van der Waals surface area (Å²) in [5, 5.41) is 4.81. The van der Waals surface area contributed by atoms with E-state index in [2.05, 4.69) is 12.0 Å². The van der Waals surface area contributed by atoms with Crippen molar-refractivity contribution in [1.29, 1.82) is 0 Å². The van der Waals surface area contributed by atoms with Gasteiger partial charge in [-0.05, 0) is 24.1 Å². The third kappa shape index (κ3) is 4.22. The molecule has 0 fully saturated rings. The summed E-state index contributed by atoms with van der Waals surface area (Å²) in [5.41, 5.74) is 0.615. The van der Waals surface area contributed by atoms with E-state index in [1.165, 1.54) is 10.9 Å². The number of rotatable bonds is 6. The fraction of sp³-hybridized carbons (Fsp3) is 0.333. The van der Waals surface area contributed by atoms with Crippen LogP contribution in [0.15, 0.2) is 35.3 Å². The van der Waals surface area contributed by atoms with Gasteiger partial charge in [0.15, 0.2) is 10.8 Å². The van der Waals surface area contributed by atoms with Crippen molar-refractivity contribution in [2.24, 2.45) is 0 Å². The van der Waals surface area contributed by atoms with Crippen molar-refractivity contribution in [3.63, 3.8) is 0 Å². The van der Waals surface area contributed by atoms with Gasteiger partial charge in [-0.3, -0.25) is 4.79 Å². The molecule has 0 atom stereocenters. The maximum Gasteiger partial charge on any atom is 0.289 e. The van der Waals surface area contributed by atoms with Gasteiger partial charge in [0, 0.05) is 11.6 Å². The SMILES string of the molecule is CCCCn1ncc(OCc2ccc(Cl)cc2)c(Cl)c1=O. The lowest BCUT2D eigenvalue weighted by Crippen LogP contribution is -2.23. The Kier molecular flexibility index (Phi) is 5.65. The third-order valence-electron chi connectivity index (χ3n) is 2.98. The molecule has 1 aromatic heterocycles. The molecule has 0 spiro atoms. The largest absolute Gasteiger partial charge is 0.485 e. The van der Waals surface area contributed by atoms with Crippen LogP contribution in [0.25, 0.3) is 0 Å². The number of hydrogen-bond donors (Lipinski definition) is 0. The van der Waals surface area contributed by atoms with Crippen LogP contribution < -0.4 is 10.3 Å². The Balaban J connectivity index is 2.08. The van der Waals surface area contributed by atoms with Crippen molar-refractivity contribution in [1.82, 2.24) is 9.78 Å². The van der Waals surface area contributed by atoms with Gasteiger partial charge in [0.25, 0.3) is 5.56 Å². The Morgan fingerprint density at radius 3 is 2.62 bits per heavy atom. The Labute approximate surface area is 133 Å². The molecule has 1 heterocycles. The summed E-state index contributed by atoms with van der Waals surface area (Å²) in [4.78, 5) is 12.0. The lowest BCUT2D eigenvalue weighted by molar-refractivity contribution is 0.302. The lowest BCUT2D eigenvalue weighted by Gasteiger charge is -2.09. The molecule has 6 heteroatoms. The Hall–Kier alpha value is -1.52. The van der Waals surface area contributed by atoms with Crippen molar-refractivity contribution >= 4 is 23.2 Å². The summed E-state index contributed by atoms with van der Waals surface area (Å²) in [6.07, 6.45) is 3.35. The Morgan fingerprint density at radius 1 is 1.24 bits per heavy atom. The van der Waals surface area contributed by atoms with E-state index in [4.69, 9.17) is 27.9 Å². The number of nitrogens with zero attached hydrogens (tertiary/aromatic N) is 2. The zero-order chi connectivity index (χ0) is 15.2. The molecule has 0 aliphatic heterocycles. The number of benzene rings is 1. The predicted molar refractivity (Wildman–Crippen MR) is 84.2 cm³/mol. The molecule has 0 radical (unpaired) electrons. The van der Waals surface area contributed by atoms with Crippen molar-refractivity contribution < 1.29 is 4.74 Å². The summed E-state index contributed by atoms with van der Waals surface area (Å²) in [5.74, 6) is 0.296. The highest BCUT2D eigenvalue weighted by molar-refractivity contribution is 6.31. The minimum atomic E-state index is -0.321. The molecule has 0 saturated heterocycles. The minimum absolute atomic E-state index is 0.0649. The topological polar surface area (TPSA) is 44.1 Å². The molecule has 2 rings (SSSR count). The number of hydrogen-bond acceptors (Lipinski definition) is 3. The van der Waals surface area contributed by atoms with Crippen LogP contribution in [0.3, 0.4) is 0 Å². The molecule has 0 N–H and O–H groups in total. The zero-order valence-corrected chi connectivity index (χ0v) is 13.2. The first kappa shape index (κ1) is 15.9. The first-order chi connectivity index (χ1) is 10.1. The molecule has 4 nitrogen and oxygen atoms in total. The molecule has 0 amide bonds. The fourth-order valence-corrected chi connectivity index (χ4v) is 2.09. The zero-order valence-electron chi connectivity index (χ0n) is 11.7. The number of aromatic nitrogens is 2. The highest BCUT2D eigenvalue weighted by Crippen LogP contribution is 2.20. The summed E-state index contributed by atoms with van der Waals surface area (Å²) < 4.78 is 6.91. The molecule has 0 unspecified atom stereocenters. The second kappa shape index (κ2) is 7.48. The van der Waals surface area contributed by atoms with E-state index in [-0.39, 0.29) is 10.6 Å². The van der Waals surface area contributed by atoms with Crippen LogP contribution >= 0.6 is 23.2 Å². The average molecular weight is 327 g/mol. The Bertz CT molecular complexity index is 654. The molecule has 1 aromatic carbocycles. The van der Waals surface area contributed by atoms with Gasteiger partial charge in [0.1, 0.15) is 6.61 Å². The van der Waals surface area contributed by atoms with E-state index in [1.807, 2.05) is 12.1 Å². The van der Waals surface area contributed by atoms with E-state index in [0.29, 0.717) is 23.9 Å². The van der Waals surface area contributed by atoms with Crippen LogP contribution in [0.4, 0.5) is 0 Å². The van der Waals surface area contributed by atoms with Crippen LogP contribution in [0.1, 0.15) is 25.3 Å². The highest BCUT2D eigenvalue weighted by Gasteiger charge is 2.10. The summed E-state index contributed by atoms with van der Waals surface area (Å²) in [6.45, 7) is 2.92. The number of aryl methyl sites for hydroxylation is 1. The molecule has 2 aromatic rings. The number of unbranched alkanes of at least 4 members (excludes halogenated alkanes) is 1. The molecular weight excluding hydrogens is 311 g/mol. The maximum atomic E-state index is 12.0. The Morgan fingerprint density at radius 2 is 1.95 bits per heavy atom. The average Bonchev–Trinajstić information content (AvgIpc) is 2.49. The highest BCUT2D eigenvalue weighted by atomic mass is 35.5.